The Balaban J connectivity index is 1.45. The number of hydrogen-bond acceptors (Lipinski definition) is 5. The molecule has 1 unspecified atom stereocenters. The van der Waals surface area contributed by atoms with Gasteiger partial charge in [0.25, 0.3) is 0 Å². The monoisotopic (exact) mass is 690 g/mol. The molecule has 5 aromatic carbocycles. The van der Waals surface area contributed by atoms with Gasteiger partial charge in [-0.1, -0.05) is 152 Å². The summed E-state index contributed by atoms with van der Waals surface area (Å²) in [5.74, 6) is -1.90. The number of aliphatic hydroxyl groups is 1. The van der Waals surface area contributed by atoms with E-state index in [9.17, 15) is 5.11 Å². The summed E-state index contributed by atoms with van der Waals surface area (Å²) in [4.78, 5) is 0. The molecule has 5 aromatic rings. The molecule has 0 bridgehead atoms. The maximum atomic E-state index is 13.1. The van der Waals surface area contributed by atoms with E-state index in [0.717, 1.165) is 27.8 Å². The van der Waals surface area contributed by atoms with Crippen molar-refractivity contribution in [2.45, 2.75) is 89.6 Å². The summed E-state index contributed by atoms with van der Waals surface area (Å²) in [5, 5.41) is 13.8. The molecule has 1 fully saturated rings. The summed E-state index contributed by atoms with van der Waals surface area (Å²) < 4.78 is 27.6. The largest absolute Gasteiger partial charge is 0.368 e. The highest BCUT2D eigenvalue weighted by molar-refractivity contribution is 6.31. The van der Waals surface area contributed by atoms with Crippen molar-refractivity contribution in [1.82, 2.24) is 0 Å². The Labute approximate surface area is 301 Å². The maximum absolute atomic E-state index is 13.1. The van der Waals surface area contributed by atoms with E-state index < -0.39 is 29.7 Å². The lowest BCUT2D eigenvalue weighted by Crippen LogP contribution is -2.69. The van der Waals surface area contributed by atoms with Crippen molar-refractivity contribution in [3.8, 4) is 0 Å². The van der Waals surface area contributed by atoms with Crippen LogP contribution in [0.25, 0.3) is 0 Å². The van der Waals surface area contributed by atoms with Crippen LogP contribution >= 0.6 is 11.6 Å². The molecule has 6 rings (SSSR count). The van der Waals surface area contributed by atoms with Crippen LogP contribution in [0, 0.1) is 6.92 Å². The van der Waals surface area contributed by atoms with Crippen LogP contribution < -0.4 is 0 Å². The predicted octanol–water partition coefficient (Wildman–Crippen LogP) is 9.73. The minimum atomic E-state index is -1.90. The van der Waals surface area contributed by atoms with Crippen LogP contribution in [0.4, 0.5) is 0 Å². The first kappa shape index (κ1) is 36.0. The third kappa shape index (κ3) is 8.21. The van der Waals surface area contributed by atoms with Crippen LogP contribution in [0.2, 0.25) is 5.02 Å². The Hall–Kier alpha value is -3.81. The second-order valence-corrected chi connectivity index (χ2v) is 13.6. The lowest BCUT2D eigenvalue weighted by atomic mass is 9.77. The Morgan fingerprint density at radius 2 is 1.12 bits per heavy atom. The van der Waals surface area contributed by atoms with Gasteiger partial charge in [-0.2, -0.15) is 0 Å². The smallest absolute Gasteiger partial charge is 0.223 e. The zero-order valence-electron chi connectivity index (χ0n) is 29.1. The van der Waals surface area contributed by atoms with Crippen LogP contribution in [-0.4, -0.2) is 29.0 Å². The summed E-state index contributed by atoms with van der Waals surface area (Å²) in [6, 6.07) is 44.2. The average molecular weight is 691 g/mol. The number of aryl methyl sites for hydroxylation is 1. The van der Waals surface area contributed by atoms with Crippen LogP contribution in [0.3, 0.4) is 0 Å². The molecule has 5 nitrogen and oxygen atoms in total. The van der Waals surface area contributed by atoms with Crippen molar-refractivity contribution in [3.05, 3.63) is 177 Å². The van der Waals surface area contributed by atoms with E-state index >= 15 is 0 Å². The Morgan fingerprint density at radius 1 is 0.620 bits per heavy atom. The second-order valence-electron chi connectivity index (χ2n) is 13.2. The Morgan fingerprint density at radius 3 is 1.64 bits per heavy atom. The molecule has 0 saturated carbocycles. The summed E-state index contributed by atoms with van der Waals surface area (Å²) in [7, 11) is 0. The molecule has 1 saturated heterocycles. The summed E-state index contributed by atoms with van der Waals surface area (Å²) in [6.07, 6.45) is -0.495. The van der Waals surface area contributed by atoms with Gasteiger partial charge in [0.15, 0.2) is 0 Å². The topological polar surface area (TPSA) is 57.2 Å². The first-order valence-electron chi connectivity index (χ1n) is 17.6. The fraction of sp³-hybridized carbons (Fsp3) is 0.318. The lowest BCUT2D eigenvalue weighted by molar-refractivity contribution is -0.404. The fourth-order valence-electron chi connectivity index (χ4n) is 6.90. The standard InChI is InChI=1S/C44H47ClO5/c1-4-43(5-2)41(48-30-35-17-11-7-12-18-35)40(47-29-34-15-9-6-10-16-34)42(49-31-36-19-13-8-14-20-36)44(46,50-43)38-25-26-39(45)37(28-38)27-33-23-21-32(3)22-24-33/h6-26,28,40-42,46H,4-5,27,29-31H2,1-3H3/t40-,41-,42+,44?/m0/s1. The van der Waals surface area contributed by atoms with Crippen molar-refractivity contribution in [2.24, 2.45) is 0 Å². The summed E-state index contributed by atoms with van der Waals surface area (Å²) >= 11 is 6.82. The van der Waals surface area contributed by atoms with Crippen LogP contribution in [-0.2, 0) is 51.0 Å². The molecule has 0 radical (unpaired) electrons. The highest BCUT2D eigenvalue weighted by Crippen LogP contribution is 2.48. The van der Waals surface area contributed by atoms with Crippen molar-refractivity contribution >= 4 is 11.6 Å². The van der Waals surface area contributed by atoms with Crippen LogP contribution in [0.5, 0.6) is 0 Å². The van der Waals surface area contributed by atoms with E-state index in [1.165, 1.54) is 5.56 Å². The number of hydrogen-bond donors (Lipinski definition) is 1. The molecule has 0 spiro atoms. The maximum Gasteiger partial charge on any atom is 0.223 e. The van der Waals surface area contributed by atoms with Gasteiger partial charge < -0.3 is 24.1 Å². The molecule has 0 aromatic heterocycles. The van der Waals surface area contributed by atoms with Gasteiger partial charge >= 0.3 is 0 Å². The molecule has 1 aliphatic heterocycles. The Kier molecular flexibility index (Phi) is 11.9. The molecular weight excluding hydrogens is 644 g/mol. The number of rotatable bonds is 14. The summed E-state index contributed by atoms with van der Waals surface area (Å²) in [6.45, 7) is 7.13. The molecule has 0 aliphatic carbocycles. The van der Waals surface area contributed by atoms with Crippen molar-refractivity contribution in [1.29, 1.82) is 0 Å². The molecule has 50 heavy (non-hydrogen) atoms. The van der Waals surface area contributed by atoms with Gasteiger partial charge in [0.05, 0.1) is 19.8 Å². The van der Waals surface area contributed by atoms with Crippen molar-refractivity contribution < 1.29 is 24.1 Å². The molecule has 1 N–H and O–H groups in total. The number of ether oxygens (including phenoxy) is 4. The fourth-order valence-corrected chi connectivity index (χ4v) is 7.09. The molecule has 1 heterocycles. The van der Waals surface area contributed by atoms with Crippen LogP contribution in [0.1, 0.15) is 65.6 Å². The van der Waals surface area contributed by atoms with E-state index in [0.29, 0.717) is 43.1 Å². The SMILES string of the molecule is CCC1(CC)OC(O)(c2ccc(Cl)c(Cc3ccc(C)cc3)c2)[C@H](OCc2ccccc2)[C@@H](OCc2ccccc2)[C@@H]1OCc1ccccc1. The van der Waals surface area contributed by atoms with Gasteiger partial charge in [-0.3, -0.25) is 0 Å². The highest BCUT2D eigenvalue weighted by atomic mass is 35.5. The van der Waals surface area contributed by atoms with E-state index in [4.69, 9.17) is 30.5 Å². The summed E-state index contributed by atoms with van der Waals surface area (Å²) in [5.41, 5.74) is 5.87. The quantitative estimate of drug-likeness (QED) is 0.126. The molecule has 6 heteroatoms. The van der Waals surface area contributed by atoms with Gasteiger partial charge in [0, 0.05) is 10.6 Å². The minimum absolute atomic E-state index is 0.239. The third-order valence-corrected chi connectivity index (χ3v) is 10.2. The number of halogens is 1. The minimum Gasteiger partial charge on any atom is -0.368 e. The van der Waals surface area contributed by atoms with E-state index in [-0.39, 0.29) is 6.61 Å². The first-order valence-corrected chi connectivity index (χ1v) is 17.9. The van der Waals surface area contributed by atoms with Gasteiger partial charge in [-0.25, -0.2) is 0 Å². The van der Waals surface area contributed by atoms with Gasteiger partial charge in [-0.15, -0.1) is 0 Å². The average Bonchev–Trinajstić information content (AvgIpc) is 3.15. The van der Waals surface area contributed by atoms with Crippen molar-refractivity contribution in [2.75, 3.05) is 0 Å². The highest BCUT2D eigenvalue weighted by Gasteiger charge is 2.62. The Bertz CT molecular complexity index is 1780. The first-order chi connectivity index (χ1) is 24.3. The molecule has 4 atom stereocenters. The van der Waals surface area contributed by atoms with E-state index in [1.807, 2.05) is 109 Å². The molecular formula is C44H47ClO5. The van der Waals surface area contributed by atoms with E-state index in [1.54, 1.807) is 0 Å². The second kappa shape index (κ2) is 16.5. The van der Waals surface area contributed by atoms with Crippen LogP contribution in [0.15, 0.2) is 133 Å². The van der Waals surface area contributed by atoms with Gasteiger partial charge in [-0.05, 0) is 66.1 Å². The van der Waals surface area contributed by atoms with Gasteiger partial charge in [0.1, 0.15) is 23.9 Å². The normalized spacial score (nSPS) is 21.6. The number of benzene rings is 5. The lowest BCUT2D eigenvalue weighted by Gasteiger charge is -2.56. The van der Waals surface area contributed by atoms with Gasteiger partial charge in [0.2, 0.25) is 5.79 Å². The third-order valence-electron chi connectivity index (χ3n) is 9.86. The molecule has 260 valence electrons. The van der Waals surface area contributed by atoms with E-state index in [2.05, 4.69) is 45.0 Å². The zero-order valence-corrected chi connectivity index (χ0v) is 29.9. The van der Waals surface area contributed by atoms with Crippen molar-refractivity contribution in [3.63, 3.8) is 0 Å². The molecule has 0 amide bonds. The zero-order chi connectivity index (χ0) is 35.0. The molecule has 1 aliphatic rings. The predicted molar refractivity (Wildman–Crippen MR) is 199 cm³/mol.